The van der Waals surface area contributed by atoms with Crippen LogP contribution in [0.15, 0.2) is 48.5 Å². The highest BCUT2D eigenvalue weighted by Gasteiger charge is 2.01. The molecule has 0 spiro atoms. The van der Waals surface area contributed by atoms with Gasteiger partial charge in [0.2, 0.25) is 0 Å². The van der Waals surface area contributed by atoms with Crippen LogP contribution in [0.2, 0.25) is 0 Å². The van der Waals surface area contributed by atoms with Crippen molar-refractivity contribution in [2.75, 3.05) is 5.73 Å². The van der Waals surface area contributed by atoms with Crippen LogP contribution in [0, 0.1) is 0 Å². The van der Waals surface area contributed by atoms with Crippen molar-refractivity contribution >= 4 is 5.69 Å². The van der Waals surface area contributed by atoms with E-state index in [9.17, 15) is 5.11 Å². The number of nitrogens with two attached hydrogens (primary N) is 1. The van der Waals surface area contributed by atoms with Gasteiger partial charge in [-0.15, -0.1) is 0 Å². The summed E-state index contributed by atoms with van der Waals surface area (Å²) in [6, 6.07) is 15.4. The number of phenols is 1. The van der Waals surface area contributed by atoms with Crippen molar-refractivity contribution in [3.8, 4) is 5.75 Å². The van der Waals surface area contributed by atoms with Crippen LogP contribution >= 0.6 is 0 Å². The van der Waals surface area contributed by atoms with Gasteiger partial charge >= 0.3 is 0 Å². The largest absolute Gasteiger partial charge is 0.508 e. The number of anilines is 1. The first kappa shape index (κ1) is 11.5. The smallest absolute Gasteiger partial charge is 0.118 e. The molecule has 0 saturated heterocycles. The molecule has 0 fully saturated rings. The number of phenolic OH excluding ortho intramolecular Hbond substituents is 1. The average Bonchev–Trinajstić information content (AvgIpc) is 2.34. The summed E-state index contributed by atoms with van der Waals surface area (Å²) in [6.07, 6.45) is 2.81. The van der Waals surface area contributed by atoms with Crippen molar-refractivity contribution in [3.63, 3.8) is 0 Å². The standard InChI is InChI=1S/C15H17NO/c16-14-10-3-1-6-12(14)8-5-9-13-7-2-4-11-15(13)17/h1-4,6-7,10-11,17H,5,8-9,16H2. The Labute approximate surface area is 102 Å². The summed E-state index contributed by atoms with van der Waals surface area (Å²) in [7, 11) is 0. The van der Waals surface area contributed by atoms with Crippen LogP contribution in [-0.4, -0.2) is 5.11 Å². The molecule has 0 saturated carbocycles. The summed E-state index contributed by atoms with van der Waals surface area (Å²) < 4.78 is 0. The predicted octanol–water partition coefficient (Wildman–Crippen LogP) is 3.15. The molecule has 2 aromatic rings. The molecule has 2 nitrogen and oxygen atoms in total. The van der Waals surface area contributed by atoms with Gasteiger partial charge in [0.05, 0.1) is 0 Å². The summed E-state index contributed by atoms with van der Waals surface area (Å²) in [5, 5.41) is 9.64. The number of nitrogen functional groups attached to an aromatic ring is 1. The van der Waals surface area contributed by atoms with Gasteiger partial charge in [-0.3, -0.25) is 0 Å². The number of benzene rings is 2. The van der Waals surface area contributed by atoms with Crippen molar-refractivity contribution in [1.29, 1.82) is 0 Å². The van der Waals surface area contributed by atoms with Crippen LogP contribution in [0.3, 0.4) is 0 Å². The van der Waals surface area contributed by atoms with E-state index in [-0.39, 0.29) is 0 Å². The highest BCUT2D eigenvalue weighted by molar-refractivity contribution is 5.46. The van der Waals surface area contributed by atoms with Gasteiger partial charge in [-0.25, -0.2) is 0 Å². The van der Waals surface area contributed by atoms with Crippen LogP contribution in [-0.2, 0) is 12.8 Å². The van der Waals surface area contributed by atoms with E-state index in [4.69, 9.17) is 5.73 Å². The number of rotatable bonds is 4. The Bertz CT molecular complexity index is 448. The summed E-state index contributed by atoms with van der Waals surface area (Å²) in [6.45, 7) is 0. The minimum absolute atomic E-state index is 0.383. The van der Waals surface area contributed by atoms with Gasteiger partial charge in [-0.2, -0.15) is 0 Å². The zero-order valence-electron chi connectivity index (χ0n) is 9.76. The molecule has 0 radical (unpaired) electrons. The average molecular weight is 227 g/mol. The van der Waals surface area contributed by atoms with Crippen LogP contribution in [0.1, 0.15) is 17.5 Å². The summed E-state index contributed by atoms with van der Waals surface area (Å²) >= 11 is 0. The molecule has 0 aliphatic rings. The Hall–Kier alpha value is -1.96. The molecule has 3 N–H and O–H groups in total. The fraction of sp³-hybridized carbons (Fsp3) is 0.200. The van der Waals surface area contributed by atoms with Crippen molar-refractivity contribution in [2.45, 2.75) is 19.3 Å². The monoisotopic (exact) mass is 227 g/mol. The highest BCUT2D eigenvalue weighted by atomic mass is 16.3. The molecular weight excluding hydrogens is 210 g/mol. The fourth-order valence-electron chi connectivity index (χ4n) is 1.95. The lowest BCUT2D eigenvalue weighted by Gasteiger charge is -2.06. The SMILES string of the molecule is Nc1ccccc1CCCc1ccccc1O. The number of hydrogen-bond acceptors (Lipinski definition) is 2. The molecule has 2 heteroatoms. The molecule has 0 bridgehead atoms. The van der Waals surface area contributed by atoms with E-state index in [1.54, 1.807) is 6.07 Å². The molecule has 17 heavy (non-hydrogen) atoms. The third-order valence-electron chi connectivity index (χ3n) is 2.94. The number of aryl methyl sites for hydroxylation is 2. The van der Waals surface area contributed by atoms with Crippen molar-refractivity contribution in [3.05, 3.63) is 59.7 Å². The molecule has 2 aromatic carbocycles. The number of aromatic hydroxyl groups is 1. The van der Waals surface area contributed by atoms with E-state index in [2.05, 4.69) is 6.07 Å². The maximum atomic E-state index is 9.64. The van der Waals surface area contributed by atoms with Gasteiger partial charge in [0, 0.05) is 5.69 Å². The lowest BCUT2D eigenvalue weighted by Crippen LogP contribution is -1.95. The van der Waals surface area contributed by atoms with Crippen LogP contribution in [0.25, 0.3) is 0 Å². The fourth-order valence-corrected chi connectivity index (χ4v) is 1.95. The van der Waals surface area contributed by atoms with Gasteiger partial charge < -0.3 is 10.8 Å². The van der Waals surface area contributed by atoms with Crippen molar-refractivity contribution < 1.29 is 5.11 Å². The van der Waals surface area contributed by atoms with E-state index in [0.29, 0.717) is 5.75 Å². The normalized spacial score (nSPS) is 10.4. The lowest BCUT2D eigenvalue weighted by atomic mass is 10.0. The van der Waals surface area contributed by atoms with E-state index < -0.39 is 0 Å². The van der Waals surface area contributed by atoms with Crippen LogP contribution in [0.4, 0.5) is 5.69 Å². The molecule has 2 rings (SSSR count). The second kappa shape index (κ2) is 5.39. The topological polar surface area (TPSA) is 46.2 Å². The van der Waals surface area contributed by atoms with Gasteiger partial charge in [0.25, 0.3) is 0 Å². The second-order valence-corrected chi connectivity index (χ2v) is 4.18. The molecular formula is C15H17NO. The van der Waals surface area contributed by atoms with Crippen molar-refractivity contribution in [1.82, 2.24) is 0 Å². The zero-order valence-corrected chi connectivity index (χ0v) is 9.76. The first-order chi connectivity index (χ1) is 8.27. The van der Waals surface area contributed by atoms with Crippen LogP contribution < -0.4 is 5.73 Å². The van der Waals surface area contributed by atoms with Gasteiger partial charge in [-0.1, -0.05) is 36.4 Å². The summed E-state index contributed by atoms with van der Waals surface area (Å²) in [4.78, 5) is 0. The summed E-state index contributed by atoms with van der Waals surface area (Å²) in [5.41, 5.74) is 8.92. The zero-order chi connectivity index (χ0) is 12.1. The molecule has 0 heterocycles. The van der Waals surface area contributed by atoms with E-state index in [1.807, 2.05) is 36.4 Å². The Balaban J connectivity index is 1.93. The molecule has 0 aliphatic carbocycles. The third kappa shape index (κ3) is 3.00. The molecule has 0 atom stereocenters. The van der Waals surface area contributed by atoms with Gasteiger partial charge in [0.1, 0.15) is 5.75 Å². The molecule has 0 aliphatic heterocycles. The quantitative estimate of drug-likeness (QED) is 0.788. The maximum absolute atomic E-state index is 9.64. The number of para-hydroxylation sites is 2. The Kier molecular flexibility index (Phi) is 3.66. The van der Waals surface area contributed by atoms with Crippen LogP contribution in [0.5, 0.6) is 5.75 Å². The molecule has 0 unspecified atom stereocenters. The first-order valence-corrected chi connectivity index (χ1v) is 5.87. The molecule has 0 amide bonds. The van der Waals surface area contributed by atoms with E-state index in [1.165, 1.54) is 5.56 Å². The Morgan fingerprint density at radius 3 is 2.12 bits per heavy atom. The van der Waals surface area contributed by atoms with Gasteiger partial charge in [-0.05, 0) is 42.5 Å². The van der Waals surface area contributed by atoms with Crippen molar-refractivity contribution in [2.24, 2.45) is 0 Å². The maximum Gasteiger partial charge on any atom is 0.118 e. The third-order valence-corrected chi connectivity index (χ3v) is 2.94. The lowest BCUT2D eigenvalue weighted by molar-refractivity contribution is 0.467. The molecule has 0 aromatic heterocycles. The first-order valence-electron chi connectivity index (χ1n) is 5.87. The van der Waals surface area contributed by atoms with E-state index in [0.717, 1.165) is 30.5 Å². The van der Waals surface area contributed by atoms with Gasteiger partial charge in [0.15, 0.2) is 0 Å². The highest BCUT2D eigenvalue weighted by Crippen LogP contribution is 2.19. The molecule has 88 valence electrons. The minimum Gasteiger partial charge on any atom is -0.508 e. The predicted molar refractivity (Wildman–Crippen MR) is 71.0 cm³/mol. The second-order valence-electron chi connectivity index (χ2n) is 4.18. The Morgan fingerprint density at radius 2 is 1.41 bits per heavy atom. The van der Waals surface area contributed by atoms with E-state index >= 15 is 0 Å². The summed E-state index contributed by atoms with van der Waals surface area (Å²) in [5.74, 6) is 0.383. The number of hydrogen-bond donors (Lipinski definition) is 2. The minimum atomic E-state index is 0.383. The Morgan fingerprint density at radius 1 is 0.824 bits per heavy atom.